The maximum Gasteiger partial charge on any atom is 0.325 e. The number of nitrogens with zero attached hydrogens (tertiary/aromatic N) is 1. The number of nitrogens with one attached hydrogen (secondary N) is 2. The molecule has 0 aromatic carbocycles. The van der Waals surface area contributed by atoms with Crippen LogP contribution < -0.4 is 10.6 Å². The Morgan fingerprint density at radius 2 is 2.00 bits per heavy atom. The number of fused-ring (bicyclic) bond motifs is 3. The first kappa shape index (κ1) is 14.9. The smallest absolute Gasteiger partial charge is 0.325 e. The van der Waals surface area contributed by atoms with Gasteiger partial charge in [0, 0.05) is 18.0 Å². The standard InChI is InChI=1S/C17H29N3O2/c1-10-6-5-9-13(18-10)19-16-14-11-7-3-4-8-12(11)20(2)15(14)17(21)22-16/h10-16,18-19H,3-9H2,1-2H3. The van der Waals surface area contributed by atoms with Crippen LogP contribution in [0.3, 0.4) is 0 Å². The van der Waals surface area contributed by atoms with Crippen molar-refractivity contribution in [2.75, 3.05) is 7.05 Å². The van der Waals surface area contributed by atoms with E-state index in [1.807, 2.05) is 0 Å². The summed E-state index contributed by atoms with van der Waals surface area (Å²) in [6.45, 7) is 2.23. The average molecular weight is 307 g/mol. The average Bonchev–Trinajstić information content (AvgIpc) is 2.98. The second kappa shape index (κ2) is 5.77. The highest BCUT2D eigenvalue weighted by molar-refractivity contribution is 5.79. The molecule has 1 saturated carbocycles. The molecule has 0 amide bonds. The van der Waals surface area contributed by atoms with Gasteiger partial charge in [0.05, 0.1) is 6.17 Å². The van der Waals surface area contributed by atoms with Crippen molar-refractivity contribution in [3.63, 3.8) is 0 Å². The van der Waals surface area contributed by atoms with Crippen molar-refractivity contribution >= 4 is 5.97 Å². The molecule has 4 fully saturated rings. The number of carbonyl (C=O) groups is 1. The lowest BCUT2D eigenvalue weighted by Gasteiger charge is -2.35. The second-order valence-electron chi connectivity index (χ2n) is 7.78. The number of hydrogen-bond donors (Lipinski definition) is 2. The van der Waals surface area contributed by atoms with Crippen molar-refractivity contribution in [2.24, 2.45) is 11.8 Å². The summed E-state index contributed by atoms with van der Waals surface area (Å²) in [4.78, 5) is 14.7. The van der Waals surface area contributed by atoms with Crippen LogP contribution in [0, 0.1) is 11.8 Å². The topological polar surface area (TPSA) is 53.6 Å². The molecule has 0 aromatic rings. The summed E-state index contributed by atoms with van der Waals surface area (Å²) < 4.78 is 5.75. The molecule has 0 spiro atoms. The van der Waals surface area contributed by atoms with Crippen LogP contribution in [0.4, 0.5) is 0 Å². The van der Waals surface area contributed by atoms with Crippen molar-refractivity contribution in [1.29, 1.82) is 0 Å². The molecule has 3 saturated heterocycles. The zero-order valence-corrected chi connectivity index (χ0v) is 13.8. The van der Waals surface area contributed by atoms with E-state index in [0.29, 0.717) is 23.9 Å². The molecule has 2 N–H and O–H groups in total. The van der Waals surface area contributed by atoms with E-state index in [1.165, 1.54) is 38.5 Å². The quantitative estimate of drug-likeness (QED) is 0.756. The van der Waals surface area contributed by atoms with Crippen LogP contribution in [0.25, 0.3) is 0 Å². The van der Waals surface area contributed by atoms with Gasteiger partial charge in [0.25, 0.3) is 0 Å². The van der Waals surface area contributed by atoms with E-state index >= 15 is 0 Å². The maximum absolute atomic E-state index is 12.4. The molecule has 7 atom stereocenters. The normalized spacial score (nSPS) is 48.8. The van der Waals surface area contributed by atoms with Crippen LogP contribution in [0.15, 0.2) is 0 Å². The number of esters is 1. The SMILES string of the molecule is CC1CCCC(NC2OC(=O)C3C2C2CCCCC2N3C)N1. The lowest BCUT2D eigenvalue weighted by molar-refractivity contribution is -0.147. The van der Waals surface area contributed by atoms with Crippen LogP contribution in [0.1, 0.15) is 51.9 Å². The predicted octanol–water partition coefficient (Wildman–Crippen LogP) is 1.44. The van der Waals surface area contributed by atoms with Gasteiger partial charge < -0.3 is 4.74 Å². The maximum atomic E-state index is 12.4. The monoisotopic (exact) mass is 307 g/mol. The zero-order chi connectivity index (χ0) is 15.3. The summed E-state index contributed by atoms with van der Waals surface area (Å²) in [7, 11) is 2.12. The summed E-state index contributed by atoms with van der Waals surface area (Å²) in [5, 5.41) is 7.23. The molecular weight excluding hydrogens is 278 g/mol. The van der Waals surface area contributed by atoms with Gasteiger partial charge in [-0.25, -0.2) is 0 Å². The molecule has 3 heterocycles. The molecule has 124 valence electrons. The fraction of sp³-hybridized carbons (Fsp3) is 0.941. The van der Waals surface area contributed by atoms with Gasteiger partial charge in [-0.3, -0.25) is 20.3 Å². The van der Waals surface area contributed by atoms with Crippen LogP contribution in [0.2, 0.25) is 0 Å². The van der Waals surface area contributed by atoms with Crippen LogP contribution >= 0.6 is 0 Å². The Hall–Kier alpha value is -0.650. The van der Waals surface area contributed by atoms with Gasteiger partial charge in [0.1, 0.15) is 6.04 Å². The summed E-state index contributed by atoms with van der Waals surface area (Å²) in [5.41, 5.74) is 0. The summed E-state index contributed by atoms with van der Waals surface area (Å²) in [6, 6.07) is 1.11. The van der Waals surface area contributed by atoms with Crippen LogP contribution in [-0.4, -0.2) is 48.4 Å². The molecule has 22 heavy (non-hydrogen) atoms. The highest BCUT2D eigenvalue weighted by Crippen LogP contribution is 2.47. The molecule has 5 nitrogen and oxygen atoms in total. The molecule has 7 unspecified atom stereocenters. The molecule has 0 aromatic heterocycles. The Balaban J connectivity index is 1.50. The summed E-state index contributed by atoms with van der Waals surface area (Å²) >= 11 is 0. The van der Waals surface area contributed by atoms with Crippen molar-refractivity contribution in [3.8, 4) is 0 Å². The van der Waals surface area contributed by atoms with Gasteiger partial charge in [-0.05, 0) is 52.0 Å². The van der Waals surface area contributed by atoms with E-state index in [4.69, 9.17) is 4.74 Å². The van der Waals surface area contributed by atoms with Crippen molar-refractivity contribution < 1.29 is 9.53 Å². The number of likely N-dealkylation sites (tertiary alicyclic amines) is 1. The first-order valence-electron chi connectivity index (χ1n) is 9.09. The first-order chi connectivity index (χ1) is 10.6. The molecule has 5 heteroatoms. The van der Waals surface area contributed by atoms with E-state index in [0.717, 1.165) is 6.42 Å². The first-order valence-corrected chi connectivity index (χ1v) is 9.09. The number of cyclic esters (lactones) is 1. The largest absolute Gasteiger partial charge is 0.445 e. The molecule has 0 bridgehead atoms. The zero-order valence-electron chi connectivity index (χ0n) is 13.8. The van der Waals surface area contributed by atoms with E-state index in [9.17, 15) is 4.79 Å². The van der Waals surface area contributed by atoms with E-state index < -0.39 is 0 Å². The van der Waals surface area contributed by atoms with E-state index in [2.05, 4.69) is 29.5 Å². The van der Waals surface area contributed by atoms with Gasteiger partial charge in [-0.15, -0.1) is 0 Å². The number of ether oxygens (including phenoxy) is 1. The van der Waals surface area contributed by atoms with Gasteiger partial charge in [0.2, 0.25) is 0 Å². The number of carbonyl (C=O) groups excluding carboxylic acids is 1. The minimum Gasteiger partial charge on any atom is -0.445 e. The number of rotatable bonds is 2. The molecule has 4 rings (SSSR count). The van der Waals surface area contributed by atoms with E-state index in [-0.39, 0.29) is 24.4 Å². The van der Waals surface area contributed by atoms with Crippen LogP contribution in [-0.2, 0) is 9.53 Å². The summed E-state index contributed by atoms with van der Waals surface area (Å²) in [5.74, 6) is 0.943. The lowest BCUT2D eigenvalue weighted by atomic mass is 9.78. The van der Waals surface area contributed by atoms with Crippen molar-refractivity contribution in [3.05, 3.63) is 0 Å². The minimum atomic E-state index is -0.101. The van der Waals surface area contributed by atoms with Crippen molar-refractivity contribution in [2.45, 2.75) is 82.4 Å². The second-order valence-corrected chi connectivity index (χ2v) is 7.78. The highest BCUT2D eigenvalue weighted by Gasteiger charge is 2.59. The lowest BCUT2D eigenvalue weighted by Crippen LogP contribution is -2.54. The molecule has 4 aliphatic rings. The molecule has 3 aliphatic heterocycles. The summed E-state index contributed by atoms with van der Waals surface area (Å²) in [6.07, 6.45) is 8.89. The highest BCUT2D eigenvalue weighted by atomic mass is 16.6. The molecular formula is C17H29N3O2. The Morgan fingerprint density at radius 1 is 1.18 bits per heavy atom. The van der Waals surface area contributed by atoms with Crippen LogP contribution in [0.5, 0.6) is 0 Å². The number of piperidine rings is 1. The van der Waals surface area contributed by atoms with Gasteiger partial charge in [-0.2, -0.15) is 0 Å². The third-order valence-electron chi connectivity index (χ3n) is 6.42. The fourth-order valence-corrected chi connectivity index (χ4v) is 5.41. The number of likely N-dealkylation sites (N-methyl/N-ethyl adjacent to an activating group) is 1. The Kier molecular flexibility index (Phi) is 3.91. The van der Waals surface area contributed by atoms with Crippen molar-refractivity contribution in [1.82, 2.24) is 15.5 Å². The number of hydrogen-bond acceptors (Lipinski definition) is 5. The predicted molar refractivity (Wildman–Crippen MR) is 84.0 cm³/mol. The fourth-order valence-electron chi connectivity index (χ4n) is 5.41. The third kappa shape index (κ3) is 2.38. The Labute approximate surface area is 133 Å². The Bertz CT molecular complexity index is 444. The van der Waals surface area contributed by atoms with Gasteiger partial charge in [0.15, 0.2) is 6.23 Å². The van der Waals surface area contributed by atoms with Gasteiger partial charge >= 0.3 is 5.97 Å². The van der Waals surface area contributed by atoms with Gasteiger partial charge in [-0.1, -0.05) is 12.8 Å². The minimum absolute atomic E-state index is 0.0109. The molecule has 1 aliphatic carbocycles. The molecule has 0 radical (unpaired) electrons. The third-order valence-corrected chi connectivity index (χ3v) is 6.42. The van der Waals surface area contributed by atoms with E-state index in [1.54, 1.807) is 0 Å². The Morgan fingerprint density at radius 3 is 2.82 bits per heavy atom.